The van der Waals surface area contributed by atoms with Crippen molar-refractivity contribution < 1.29 is 29.4 Å². The minimum Gasteiger partial charge on any atom is -0.481 e. The van der Waals surface area contributed by atoms with Crippen LogP contribution in [0.1, 0.15) is 18.5 Å². The van der Waals surface area contributed by atoms with Gasteiger partial charge in [-0.1, -0.05) is 0 Å². The molecule has 0 saturated heterocycles. The van der Waals surface area contributed by atoms with Gasteiger partial charge in [0.05, 0.1) is 12.9 Å². The van der Waals surface area contributed by atoms with Crippen molar-refractivity contribution in [2.24, 2.45) is 5.73 Å². The maximum atomic E-state index is 12.2. The van der Waals surface area contributed by atoms with Crippen LogP contribution in [0.3, 0.4) is 0 Å². The molecule has 0 aliphatic carbocycles. The van der Waals surface area contributed by atoms with Crippen LogP contribution in [-0.4, -0.2) is 62.6 Å². The predicted molar refractivity (Wildman–Crippen MR) is 79.7 cm³/mol. The number of H-pyrrole nitrogens is 1. The summed E-state index contributed by atoms with van der Waals surface area (Å²) in [7, 11) is 0. The summed E-state index contributed by atoms with van der Waals surface area (Å²) in [5.74, 6) is -3.88. The van der Waals surface area contributed by atoms with E-state index in [0.29, 0.717) is 5.69 Å². The van der Waals surface area contributed by atoms with Crippen molar-refractivity contribution in [1.29, 1.82) is 0 Å². The Hall–Kier alpha value is -2.95. The highest BCUT2D eigenvalue weighted by Crippen LogP contribution is 2.03. The van der Waals surface area contributed by atoms with Crippen LogP contribution >= 0.6 is 0 Å². The lowest BCUT2D eigenvalue weighted by atomic mass is 10.1. The van der Waals surface area contributed by atoms with E-state index in [1.807, 2.05) is 0 Å². The third-order valence-electron chi connectivity index (χ3n) is 3.08. The van der Waals surface area contributed by atoms with Gasteiger partial charge in [0.25, 0.3) is 0 Å². The lowest BCUT2D eigenvalue weighted by molar-refractivity contribution is -0.142. The normalized spacial score (nSPS) is 12.9. The smallest absolute Gasteiger partial charge is 0.326 e. The van der Waals surface area contributed by atoms with E-state index < -0.39 is 35.8 Å². The van der Waals surface area contributed by atoms with E-state index in [4.69, 9.17) is 10.8 Å². The molecule has 2 amide bonds. The fraction of sp³-hybridized carbons (Fsp3) is 0.462. The molecule has 0 radical (unpaired) electrons. The Labute approximate surface area is 136 Å². The summed E-state index contributed by atoms with van der Waals surface area (Å²) in [6.07, 6.45) is 2.18. The Morgan fingerprint density at radius 3 is 2.42 bits per heavy atom. The fourth-order valence-electron chi connectivity index (χ4n) is 1.88. The van der Waals surface area contributed by atoms with Gasteiger partial charge in [0, 0.05) is 24.7 Å². The van der Waals surface area contributed by atoms with Crippen molar-refractivity contribution in [3.63, 3.8) is 0 Å². The summed E-state index contributed by atoms with van der Waals surface area (Å²) in [6, 6.07) is -2.46. The third-order valence-corrected chi connectivity index (χ3v) is 3.08. The second-order valence-electron chi connectivity index (χ2n) is 4.94. The highest BCUT2D eigenvalue weighted by atomic mass is 16.4. The zero-order chi connectivity index (χ0) is 18.1. The van der Waals surface area contributed by atoms with E-state index >= 15 is 0 Å². The first kappa shape index (κ1) is 19.1. The van der Waals surface area contributed by atoms with Crippen molar-refractivity contribution in [2.75, 3.05) is 6.54 Å². The van der Waals surface area contributed by atoms with Gasteiger partial charge in [0.1, 0.15) is 12.1 Å². The number of hydrogen-bond acceptors (Lipinski definition) is 6. The van der Waals surface area contributed by atoms with Crippen molar-refractivity contribution in [2.45, 2.75) is 31.3 Å². The van der Waals surface area contributed by atoms with Gasteiger partial charge in [-0.2, -0.15) is 0 Å². The van der Waals surface area contributed by atoms with Crippen LogP contribution in [0.4, 0.5) is 0 Å². The number of rotatable bonds is 10. The van der Waals surface area contributed by atoms with Gasteiger partial charge >= 0.3 is 11.9 Å². The standard InChI is InChI=1S/C13H19N5O6/c14-4-10(19)17-8(1-2-11(20)21)12(22)18-9(13(23)24)3-7-5-15-6-16-7/h5-6,8-9H,1-4,14H2,(H,15,16)(H,17,19)(H,18,22)(H,20,21)(H,23,24)/t8-,9-/m0/s1. The summed E-state index contributed by atoms with van der Waals surface area (Å²) in [4.78, 5) is 52.0. The molecule has 1 aromatic rings. The quantitative estimate of drug-likeness (QED) is 0.277. The van der Waals surface area contributed by atoms with Gasteiger partial charge in [-0.05, 0) is 6.42 Å². The molecule has 1 aromatic heterocycles. The fourth-order valence-corrected chi connectivity index (χ4v) is 1.88. The molecule has 7 N–H and O–H groups in total. The van der Waals surface area contributed by atoms with Crippen molar-refractivity contribution in [1.82, 2.24) is 20.6 Å². The highest BCUT2D eigenvalue weighted by molar-refractivity contribution is 5.91. The largest absolute Gasteiger partial charge is 0.481 e. The predicted octanol–water partition coefficient (Wildman–Crippen LogP) is -2.17. The topological polar surface area (TPSA) is 188 Å². The molecule has 0 aliphatic rings. The third kappa shape index (κ3) is 6.44. The zero-order valence-electron chi connectivity index (χ0n) is 12.7. The van der Waals surface area contributed by atoms with Gasteiger partial charge in [0.2, 0.25) is 11.8 Å². The van der Waals surface area contributed by atoms with Crippen molar-refractivity contribution >= 4 is 23.8 Å². The molecular formula is C13H19N5O6. The van der Waals surface area contributed by atoms with E-state index in [9.17, 15) is 24.3 Å². The molecular weight excluding hydrogens is 322 g/mol. The number of carboxylic acids is 2. The van der Waals surface area contributed by atoms with E-state index in [1.165, 1.54) is 12.5 Å². The van der Waals surface area contributed by atoms with Crippen molar-refractivity contribution in [3.05, 3.63) is 18.2 Å². The summed E-state index contributed by atoms with van der Waals surface area (Å²) in [5.41, 5.74) is 5.65. The Kier molecular flexibility index (Phi) is 7.36. The molecule has 11 heteroatoms. The molecule has 0 unspecified atom stereocenters. The molecule has 1 rings (SSSR count). The lowest BCUT2D eigenvalue weighted by Gasteiger charge is -2.20. The lowest BCUT2D eigenvalue weighted by Crippen LogP contribution is -2.53. The van der Waals surface area contributed by atoms with Crippen LogP contribution < -0.4 is 16.4 Å². The van der Waals surface area contributed by atoms with Crippen LogP contribution in [0.25, 0.3) is 0 Å². The molecule has 0 aliphatic heterocycles. The minimum atomic E-state index is -1.28. The van der Waals surface area contributed by atoms with Crippen LogP contribution in [0.15, 0.2) is 12.5 Å². The number of aromatic nitrogens is 2. The number of nitrogens with two attached hydrogens (primary N) is 1. The number of hydrogen-bond donors (Lipinski definition) is 6. The van der Waals surface area contributed by atoms with Gasteiger partial charge in [-0.3, -0.25) is 14.4 Å². The summed E-state index contributed by atoms with van der Waals surface area (Å²) < 4.78 is 0. The first-order valence-corrected chi connectivity index (χ1v) is 7.05. The van der Waals surface area contributed by atoms with Crippen LogP contribution in [-0.2, 0) is 25.6 Å². The van der Waals surface area contributed by atoms with Crippen molar-refractivity contribution in [3.8, 4) is 0 Å². The van der Waals surface area contributed by atoms with Crippen LogP contribution in [0.5, 0.6) is 0 Å². The number of carbonyl (C=O) groups is 4. The molecule has 0 spiro atoms. The van der Waals surface area contributed by atoms with E-state index in [2.05, 4.69) is 20.6 Å². The van der Waals surface area contributed by atoms with Gasteiger partial charge in [-0.15, -0.1) is 0 Å². The minimum absolute atomic E-state index is 0.0441. The average molecular weight is 341 g/mol. The number of nitrogens with zero attached hydrogens (tertiary/aromatic N) is 1. The monoisotopic (exact) mass is 341 g/mol. The first-order valence-electron chi connectivity index (χ1n) is 7.05. The number of amides is 2. The van der Waals surface area contributed by atoms with Gasteiger partial charge in [-0.25, -0.2) is 9.78 Å². The first-order chi connectivity index (χ1) is 11.3. The highest BCUT2D eigenvalue weighted by Gasteiger charge is 2.27. The molecule has 132 valence electrons. The maximum absolute atomic E-state index is 12.2. The van der Waals surface area contributed by atoms with Crippen LogP contribution in [0.2, 0.25) is 0 Å². The average Bonchev–Trinajstić information content (AvgIpc) is 3.02. The van der Waals surface area contributed by atoms with Gasteiger partial charge < -0.3 is 31.6 Å². The Balaban J connectivity index is 2.75. The zero-order valence-corrected chi connectivity index (χ0v) is 12.7. The number of aliphatic carboxylic acids is 2. The van der Waals surface area contributed by atoms with E-state index in [0.717, 1.165) is 0 Å². The van der Waals surface area contributed by atoms with E-state index in [1.54, 1.807) is 0 Å². The number of nitrogens with one attached hydrogen (secondary N) is 3. The SMILES string of the molecule is NCC(=O)N[C@@H](CCC(=O)O)C(=O)N[C@@H](Cc1cnc[nH]1)C(=O)O. The summed E-state index contributed by atoms with van der Waals surface area (Å²) >= 11 is 0. The molecule has 11 nitrogen and oxygen atoms in total. The summed E-state index contributed by atoms with van der Waals surface area (Å²) in [5, 5.41) is 22.4. The molecule has 0 bridgehead atoms. The second-order valence-corrected chi connectivity index (χ2v) is 4.94. The number of imidazole rings is 1. The number of carboxylic acid groups (broad SMARTS) is 2. The Morgan fingerprint density at radius 2 is 1.92 bits per heavy atom. The molecule has 0 fully saturated rings. The Morgan fingerprint density at radius 1 is 1.21 bits per heavy atom. The van der Waals surface area contributed by atoms with Crippen LogP contribution in [0, 0.1) is 0 Å². The van der Waals surface area contributed by atoms with Gasteiger partial charge in [0.15, 0.2) is 0 Å². The second kappa shape index (κ2) is 9.25. The molecule has 0 aromatic carbocycles. The molecule has 24 heavy (non-hydrogen) atoms. The summed E-state index contributed by atoms with van der Waals surface area (Å²) in [6.45, 7) is -0.382. The molecule has 0 saturated carbocycles. The van der Waals surface area contributed by atoms with E-state index in [-0.39, 0.29) is 25.8 Å². The molecule has 2 atom stereocenters. The molecule has 1 heterocycles. The Bertz CT molecular complexity index is 588. The maximum Gasteiger partial charge on any atom is 0.326 e. The number of carbonyl (C=O) groups excluding carboxylic acids is 2. The number of aromatic amines is 1.